The zero-order valence-corrected chi connectivity index (χ0v) is 15.5. The monoisotopic (exact) mass is 357 g/mol. The molecule has 1 saturated heterocycles. The van der Waals surface area contributed by atoms with Gasteiger partial charge in [-0.25, -0.2) is 4.98 Å². The van der Waals surface area contributed by atoms with Gasteiger partial charge in [0.05, 0.1) is 13.7 Å². The van der Waals surface area contributed by atoms with Crippen LogP contribution in [0.4, 0.5) is 11.8 Å². The molecule has 1 aromatic heterocycles. The van der Waals surface area contributed by atoms with Crippen LogP contribution >= 0.6 is 0 Å². The summed E-state index contributed by atoms with van der Waals surface area (Å²) in [6.45, 7) is 8.66. The van der Waals surface area contributed by atoms with Gasteiger partial charge in [-0.15, -0.1) is 0 Å². The number of rotatable bonds is 8. The van der Waals surface area contributed by atoms with Crippen LogP contribution in [0.15, 0.2) is 36.5 Å². The van der Waals surface area contributed by atoms with E-state index >= 15 is 0 Å². The maximum absolute atomic E-state index is 5.71. The van der Waals surface area contributed by atoms with Crippen molar-refractivity contribution in [3.63, 3.8) is 0 Å². The Kier molecular flexibility index (Phi) is 6.49. The molecule has 1 fully saturated rings. The van der Waals surface area contributed by atoms with Crippen molar-refractivity contribution >= 4 is 11.8 Å². The molecule has 0 unspecified atom stereocenters. The molecule has 0 saturated carbocycles. The largest absolute Gasteiger partial charge is 0.497 e. The van der Waals surface area contributed by atoms with Crippen LogP contribution in [-0.2, 0) is 0 Å². The topological polar surface area (TPSA) is 62.8 Å². The van der Waals surface area contributed by atoms with Gasteiger partial charge in [0.25, 0.3) is 0 Å². The van der Waals surface area contributed by atoms with Gasteiger partial charge in [0.1, 0.15) is 23.9 Å². The molecular formula is C19H27N5O2. The molecule has 0 atom stereocenters. The van der Waals surface area contributed by atoms with E-state index in [1.807, 2.05) is 30.3 Å². The smallest absolute Gasteiger partial charge is 0.224 e. The predicted molar refractivity (Wildman–Crippen MR) is 103 cm³/mol. The quantitative estimate of drug-likeness (QED) is 0.726. The van der Waals surface area contributed by atoms with Gasteiger partial charge in [0.2, 0.25) is 5.95 Å². The van der Waals surface area contributed by atoms with Crippen molar-refractivity contribution in [2.24, 2.45) is 0 Å². The predicted octanol–water partition coefficient (Wildman–Crippen LogP) is 2.12. The van der Waals surface area contributed by atoms with E-state index in [1.165, 1.54) is 0 Å². The lowest BCUT2D eigenvalue weighted by Crippen LogP contribution is -2.46. The number of likely N-dealkylation sites (N-methyl/N-ethyl adjacent to an activating group) is 1. The molecule has 1 aliphatic rings. The van der Waals surface area contributed by atoms with E-state index in [0.717, 1.165) is 50.0 Å². The number of nitrogens with zero attached hydrogens (tertiary/aromatic N) is 4. The summed E-state index contributed by atoms with van der Waals surface area (Å²) in [5.41, 5.74) is 0. The highest BCUT2D eigenvalue weighted by molar-refractivity contribution is 5.43. The van der Waals surface area contributed by atoms with Crippen LogP contribution in [0, 0.1) is 0 Å². The van der Waals surface area contributed by atoms with Crippen molar-refractivity contribution in [1.29, 1.82) is 0 Å². The van der Waals surface area contributed by atoms with Gasteiger partial charge in [0, 0.05) is 32.4 Å². The number of piperazine rings is 1. The Labute approximate surface area is 155 Å². The molecule has 26 heavy (non-hydrogen) atoms. The van der Waals surface area contributed by atoms with E-state index in [1.54, 1.807) is 13.3 Å². The lowest BCUT2D eigenvalue weighted by Gasteiger charge is -2.34. The average Bonchev–Trinajstić information content (AvgIpc) is 2.72. The molecular weight excluding hydrogens is 330 g/mol. The number of aromatic nitrogens is 2. The number of anilines is 2. The van der Waals surface area contributed by atoms with Crippen molar-refractivity contribution < 1.29 is 9.47 Å². The first kappa shape index (κ1) is 18.3. The van der Waals surface area contributed by atoms with Crippen molar-refractivity contribution in [1.82, 2.24) is 14.9 Å². The van der Waals surface area contributed by atoms with E-state index in [-0.39, 0.29) is 0 Å². The normalized spacial score (nSPS) is 14.9. The molecule has 3 rings (SSSR count). The zero-order chi connectivity index (χ0) is 18.2. The Morgan fingerprint density at radius 2 is 1.77 bits per heavy atom. The highest BCUT2D eigenvalue weighted by Crippen LogP contribution is 2.17. The second kappa shape index (κ2) is 9.24. The molecule has 0 aliphatic carbocycles. The van der Waals surface area contributed by atoms with E-state index in [9.17, 15) is 0 Å². The van der Waals surface area contributed by atoms with Crippen LogP contribution in [0.25, 0.3) is 0 Å². The van der Waals surface area contributed by atoms with Crippen molar-refractivity contribution in [2.75, 3.05) is 63.2 Å². The zero-order valence-electron chi connectivity index (χ0n) is 15.5. The van der Waals surface area contributed by atoms with Gasteiger partial charge >= 0.3 is 0 Å². The summed E-state index contributed by atoms with van der Waals surface area (Å²) in [6, 6.07) is 9.53. The molecule has 1 aliphatic heterocycles. The fourth-order valence-electron chi connectivity index (χ4n) is 2.91. The molecule has 7 nitrogen and oxygen atoms in total. The Morgan fingerprint density at radius 1 is 1.04 bits per heavy atom. The minimum atomic E-state index is 0.537. The fourth-order valence-corrected chi connectivity index (χ4v) is 2.91. The van der Waals surface area contributed by atoms with Gasteiger partial charge in [-0.1, -0.05) is 6.92 Å². The fraction of sp³-hybridized carbons (Fsp3) is 0.474. The summed E-state index contributed by atoms with van der Waals surface area (Å²) in [6.07, 6.45) is 1.81. The SMILES string of the molecule is CCN1CCN(c2ccnc(NCCOc3ccc(OC)cc3)n2)CC1. The Hall–Kier alpha value is -2.54. The Balaban J connectivity index is 1.45. The molecule has 2 aromatic rings. The maximum atomic E-state index is 5.71. The molecule has 1 aromatic carbocycles. The highest BCUT2D eigenvalue weighted by Gasteiger charge is 2.17. The summed E-state index contributed by atoms with van der Waals surface area (Å²) >= 11 is 0. The summed E-state index contributed by atoms with van der Waals surface area (Å²) in [7, 11) is 1.65. The molecule has 7 heteroatoms. The lowest BCUT2D eigenvalue weighted by molar-refractivity contribution is 0.270. The minimum absolute atomic E-state index is 0.537. The van der Waals surface area contributed by atoms with Gasteiger partial charge in [-0.05, 0) is 36.9 Å². The van der Waals surface area contributed by atoms with Crippen molar-refractivity contribution in [3.8, 4) is 11.5 Å². The molecule has 0 amide bonds. The Morgan fingerprint density at radius 3 is 2.46 bits per heavy atom. The minimum Gasteiger partial charge on any atom is -0.497 e. The first-order valence-electron chi connectivity index (χ1n) is 9.09. The third-order valence-electron chi connectivity index (χ3n) is 4.50. The van der Waals surface area contributed by atoms with Crippen LogP contribution < -0.4 is 19.7 Å². The highest BCUT2D eigenvalue weighted by atomic mass is 16.5. The molecule has 0 spiro atoms. The van der Waals surface area contributed by atoms with Crippen molar-refractivity contribution in [2.45, 2.75) is 6.92 Å². The van der Waals surface area contributed by atoms with E-state index in [0.29, 0.717) is 19.1 Å². The molecule has 0 radical (unpaired) electrons. The number of hydrogen-bond donors (Lipinski definition) is 1. The molecule has 0 bridgehead atoms. The second-order valence-corrected chi connectivity index (χ2v) is 6.11. The standard InChI is InChI=1S/C19H27N5O2/c1-3-23-11-13-24(14-12-23)18-8-9-20-19(22-18)21-10-15-26-17-6-4-16(25-2)5-7-17/h4-9H,3,10-15H2,1-2H3,(H,20,21,22). The van der Waals surface area contributed by atoms with Crippen LogP contribution in [-0.4, -0.2) is 67.9 Å². The molecule has 1 N–H and O–H groups in total. The van der Waals surface area contributed by atoms with Gasteiger partial charge in [-0.3, -0.25) is 0 Å². The van der Waals surface area contributed by atoms with Crippen LogP contribution in [0.1, 0.15) is 6.92 Å². The summed E-state index contributed by atoms with van der Waals surface area (Å²) in [5.74, 6) is 3.25. The molecule has 2 heterocycles. The van der Waals surface area contributed by atoms with Gasteiger partial charge in [0.15, 0.2) is 0 Å². The van der Waals surface area contributed by atoms with E-state index in [2.05, 4.69) is 32.0 Å². The Bertz CT molecular complexity index is 672. The third-order valence-corrected chi connectivity index (χ3v) is 4.50. The van der Waals surface area contributed by atoms with Crippen molar-refractivity contribution in [3.05, 3.63) is 36.5 Å². The van der Waals surface area contributed by atoms with Crippen LogP contribution in [0.2, 0.25) is 0 Å². The van der Waals surface area contributed by atoms with E-state index in [4.69, 9.17) is 9.47 Å². The number of nitrogens with one attached hydrogen (secondary N) is 1. The first-order chi connectivity index (χ1) is 12.8. The lowest BCUT2D eigenvalue weighted by atomic mass is 10.3. The van der Waals surface area contributed by atoms with Crippen LogP contribution in [0.5, 0.6) is 11.5 Å². The maximum Gasteiger partial charge on any atom is 0.224 e. The second-order valence-electron chi connectivity index (χ2n) is 6.11. The van der Waals surface area contributed by atoms with E-state index < -0.39 is 0 Å². The first-order valence-corrected chi connectivity index (χ1v) is 9.09. The van der Waals surface area contributed by atoms with Crippen LogP contribution in [0.3, 0.4) is 0 Å². The number of methoxy groups -OCH3 is 1. The summed E-state index contributed by atoms with van der Waals surface area (Å²) in [5, 5.41) is 3.23. The third kappa shape index (κ3) is 4.98. The molecule has 140 valence electrons. The number of hydrogen-bond acceptors (Lipinski definition) is 7. The average molecular weight is 357 g/mol. The number of ether oxygens (including phenoxy) is 2. The van der Waals surface area contributed by atoms with Gasteiger partial charge in [-0.2, -0.15) is 4.98 Å². The van der Waals surface area contributed by atoms with Gasteiger partial charge < -0.3 is 24.6 Å². The number of benzene rings is 1. The summed E-state index contributed by atoms with van der Waals surface area (Å²) in [4.78, 5) is 13.7. The summed E-state index contributed by atoms with van der Waals surface area (Å²) < 4.78 is 10.8.